The Balaban J connectivity index is 1.65. The highest BCUT2D eigenvalue weighted by Gasteiger charge is 2.17. The lowest BCUT2D eigenvalue weighted by atomic mass is 10.2. The van der Waals surface area contributed by atoms with Crippen LogP contribution in [-0.2, 0) is 17.6 Å². The SMILES string of the molecule is O=C(/C=C/c1cccc([N+](=O)[O-])c1)Nc1nc2c(s1)CCC2. The molecule has 22 heavy (non-hydrogen) atoms. The highest BCUT2D eigenvalue weighted by Crippen LogP contribution is 2.30. The molecule has 0 fully saturated rings. The van der Waals surface area contributed by atoms with Crippen LogP contribution in [0.25, 0.3) is 6.08 Å². The smallest absolute Gasteiger partial charge is 0.270 e. The molecular weight excluding hydrogens is 302 g/mol. The van der Waals surface area contributed by atoms with Gasteiger partial charge in [-0.25, -0.2) is 4.98 Å². The van der Waals surface area contributed by atoms with Gasteiger partial charge < -0.3 is 0 Å². The lowest BCUT2D eigenvalue weighted by molar-refractivity contribution is -0.384. The van der Waals surface area contributed by atoms with Crippen molar-refractivity contribution in [2.75, 3.05) is 5.32 Å². The van der Waals surface area contributed by atoms with Gasteiger partial charge in [0.15, 0.2) is 5.13 Å². The minimum absolute atomic E-state index is 0.00101. The van der Waals surface area contributed by atoms with Crippen LogP contribution in [-0.4, -0.2) is 15.8 Å². The zero-order chi connectivity index (χ0) is 15.5. The van der Waals surface area contributed by atoms with Crippen molar-refractivity contribution < 1.29 is 9.72 Å². The Morgan fingerprint density at radius 3 is 3.05 bits per heavy atom. The molecule has 1 aromatic carbocycles. The van der Waals surface area contributed by atoms with Crippen molar-refractivity contribution >= 4 is 34.1 Å². The summed E-state index contributed by atoms with van der Waals surface area (Å²) in [4.78, 5) is 27.7. The van der Waals surface area contributed by atoms with Crippen LogP contribution in [0.5, 0.6) is 0 Å². The second kappa shape index (κ2) is 6.07. The molecule has 1 amide bonds. The topological polar surface area (TPSA) is 85.1 Å². The Hall–Kier alpha value is -2.54. The zero-order valence-electron chi connectivity index (χ0n) is 11.6. The summed E-state index contributed by atoms with van der Waals surface area (Å²) >= 11 is 1.51. The highest BCUT2D eigenvalue weighted by molar-refractivity contribution is 7.15. The van der Waals surface area contributed by atoms with Crippen LogP contribution in [0.3, 0.4) is 0 Å². The molecule has 7 heteroatoms. The third-order valence-corrected chi connectivity index (χ3v) is 4.41. The second-order valence-corrected chi connectivity index (χ2v) is 6.00. The normalized spacial score (nSPS) is 13.3. The van der Waals surface area contributed by atoms with E-state index in [9.17, 15) is 14.9 Å². The summed E-state index contributed by atoms with van der Waals surface area (Å²) in [6, 6.07) is 6.12. The monoisotopic (exact) mass is 315 g/mol. The maximum absolute atomic E-state index is 11.9. The van der Waals surface area contributed by atoms with E-state index in [1.54, 1.807) is 18.2 Å². The molecule has 0 atom stereocenters. The van der Waals surface area contributed by atoms with Crippen LogP contribution in [0.15, 0.2) is 30.3 Å². The van der Waals surface area contributed by atoms with E-state index in [-0.39, 0.29) is 11.6 Å². The average molecular weight is 315 g/mol. The molecule has 1 aromatic heterocycles. The van der Waals surface area contributed by atoms with E-state index >= 15 is 0 Å². The summed E-state index contributed by atoms with van der Waals surface area (Å²) < 4.78 is 0. The molecule has 3 rings (SSSR count). The number of fused-ring (bicyclic) bond motifs is 1. The van der Waals surface area contributed by atoms with Gasteiger partial charge in [-0.15, -0.1) is 11.3 Å². The van der Waals surface area contributed by atoms with Gasteiger partial charge in [0.25, 0.3) is 5.69 Å². The summed E-state index contributed by atoms with van der Waals surface area (Å²) in [6.45, 7) is 0. The molecule has 0 saturated carbocycles. The lowest BCUT2D eigenvalue weighted by Gasteiger charge is -1.97. The first-order valence-corrected chi connectivity index (χ1v) is 7.65. The van der Waals surface area contributed by atoms with E-state index in [1.807, 2.05) is 0 Å². The van der Waals surface area contributed by atoms with E-state index in [0.29, 0.717) is 10.7 Å². The first kappa shape index (κ1) is 14.4. The number of aromatic nitrogens is 1. The molecular formula is C15H13N3O3S. The second-order valence-electron chi connectivity index (χ2n) is 4.92. The van der Waals surface area contributed by atoms with Crippen LogP contribution in [0.1, 0.15) is 22.6 Å². The largest absolute Gasteiger partial charge is 0.298 e. The quantitative estimate of drug-likeness (QED) is 0.533. The Morgan fingerprint density at radius 1 is 1.41 bits per heavy atom. The Kier molecular flexibility index (Phi) is 3.97. The summed E-state index contributed by atoms with van der Waals surface area (Å²) in [6.07, 6.45) is 6.04. The van der Waals surface area contributed by atoms with Crippen molar-refractivity contribution in [1.82, 2.24) is 4.98 Å². The third kappa shape index (κ3) is 3.20. The Bertz CT molecular complexity index is 746. The maximum atomic E-state index is 11.9. The summed E-state index contributed by atoms with van der Waals surface area (Å²) in [5.74, 6) is -0.293. The fraction of sp³-hybridized carbons (Fsp3) is 0.200. The third-order valence-electron chi connectivity index (χ3n) is 3.33. The van der Waals surface area contributed by atoms with Crippen molar-refractivity contribution in [3.8, 4) is 0 Å². The number of rotatable bonds is 4. The van der Waals surface area contributed by atoms with Gasteiger partial charge in [-0.2, -0.15) is 0 Å². The molecule has 0 bridgehead atoms. The number of nitrogens with zero attached hydrogens (tertiary/aromatic N) is 2. The van der Waals surface area contributed by atoms with Gasteiger partial charge in [0, 0.05) is 23.1 Å². The maximum Gasteiger partial charge on any atom is 0.270 e. The summed E-state index contributed by atoms with van der Waals surface area (Å²) in [7, 11) is 0. The standard InChI is InChI=1S/C15H13N3O3S/c19-14(17-15-16-12-5-2-6-13(12)22-15)8-7-10-3-1-4-11(9-10)18(20)21/h1,3-4,7-9H,2,5-6H2,(H,16,17,19)/b8-7+. The highest BCUT2D eigenvalue weighted by atomic mass is 32.1. The van der Waals surface area contributed by atoms with Crippen molar-refractivity contribution in [2.24, 2.45) is 0 Å². The van der Waals surface area contributed by atoms with Crippen LogP contribution >= 0.6 is 11.3 Å². The molecule has 0 aliphatic heterocycles. The zero-order valence-corrected chi connectivity index (χ0v) is 12.4. The predicted molar refractivity (Wildman–Crippen MR) is 84.9 cm³/mol. The van der Waals surface area contributed by atoms with E-state index in [4.69, 9.17) is 0 Å². The fourth-order valence-corrected chi connectivity index (χ4v) is 3.36. The van der Waals surface area contributed by atoms with Gasteiger partial charge in [0.2, 0.25) is 5.91 Å². The number of hydrogen-bond acceptors (Lipinski definition) is 5. The van der Waals surface area contributed by atoms with E-state index in [1.165, 1.54) is 34.4 Å². The lowest BCUT2D eigenvalue weighted by Crippen LogP contribution is -2.07. The molecule has 1 heterocycles. The van der Waals surface area contributed by atoms with Crippen molar-refractivity contribution in [1.29, 1.82) is 0 Å². The van der Waals surface area contributed by atoms with Crippen molar-refractivity contribution in [2.45, 2.75) is 19.3 Å². The number of amides is 1. The molecule has 112 valence electrons. The number of nitrogens with one attached hydrogen (secondary N) is 1. The molecule has 1 aliphatic rings. The van der Waals surface area contributed by atoms with Crippen LogP contribution in [0.4, 0.5) is 10.8 Å². The number of carbonyl (C=O) groups excluding carboxylic acids is 1. The van der Waals surface area contributed by atoms with Gasteiger partial charge in [-0.05, 0) is 30.9 Å². The van der Waals surface area contributed by atoms with Gasteiger partial charge >= 0.3 is 0 Å². The minimum Gasteiger partial charge on any atom is -0.298 e. The van der Waals surface area contributed by atoms with Crippen LogP contribution in [0, 0.1) is 10.1 Å². The van der Waals surface area contributed by atoms with Gasteiger partial charge in [0.05, 0.1) is 10.6 Å². The van der Waals surface area contributed by atoms with Crippen molar-refractivity contribution in [3.05, 3.63) is 56.6 Å². The molecule has 0 unspecified atom stereocenters. The van der Waals surface area contributed by atoms with E-state index in [2.05, 4.69) is 10.3 Å². The first-order chi connectivity index (χ1) is 10.6. The molecule has 1 N–H and O–H groups in total. The predicted octanol–water partition coefficient (Wildman–Crippen LogP) is 3.19. The molecule has 0 spiro atoms. The number of carbonyl (C=O) groups is 1. The van der Waals surface area contributed by atoms with E-state index in [0.717, 1.165) is 25.0 Å². The Labute approximate surface area is 130 Å². The number of anilines is 1. The minimum atomic E-state index is -0.464. The van der Waals surface area contributed by atoms with Gasteiger partial charge in [0.1, 0.15) is 0 Å². The van der Waals surface area contributed by atoms with Gasteiger partial charge in [-0.3, -0.25) is 20.2 Å². The van der Waals surface area contributed by atoms with Crippen molar-refractivity contribution in [3.63, 3.8) is 0 Å². The van der Waals surface area contributed by atoms with E-state index < -0.39 is 4.92 Å². The molecule has 0 saturated heterocycles. The molecule has 2 aromatic rings. The Morgan fingerprint density at radius 2 is 2.27 bits per heavy atom. The summed E-state index contributed by atoms with van der Waals surface area (Å²) in [5.41, 5.74) is 1.69. The number of non-ortho nitro benzene ring substituents is 1. The molecule has 0 radical (unpaired) electrons. The number of aryl methyl sites for hydroxylation is 2. The van der Waals surface area contributed by atoms with Crippen LogP contribution < -0.4 is 5.32 Å². The summed E-state index contributed by atoms with van der Waals surface area (Å²) in [5, 5.41) is 14.0. The average Bonchev–Trinajstić information content (AvgIpc) is 3.06. The number of nitro benzene ring substituents is 1. The number of hydrogen-bond donors (Lipinski definition) is 1. The first-order valence-electron chi connectivity index (χ1n) is 6.84. The fourth-order valence-electron chi connectivity index (χ4n) is 2.30. The number of benzene rings is 1. The number of nitro groups is 1. The molecule has 1 aliphatic carbocycles. The molecule has 6 nitrogen and oxygen atoms in total. The number of thiazole rings is 1. The van der Waals surface area contributed by atoms with Crippen LogP contribution in [0.2, 0.25) is 0 Å². The van der Waals surface area contributed by atoms with Gasteiger partial charge in [-0.1, -0.05) is 12.1 Å².